The van der Waals surface area contributed by atoms with E-state index in [2.05, 4.69) is 35.2 Å². The van der Waals surface area contributed by atoms with E-state index in [0.29, 0.717) is 37.4 Å². The number of rotatable bonds is 7. The number of amides is 1. The van der Waals surface area contributed by atoms with Crippen molar-refractivity contribution in [3.63, 3.8) is 0 Å². The number of aromatic nitrogens is 1. The molecule has 0 aliphatic carbocycles. The van der Waals surface area contributed by atoms with E-state index in [1.807, 2.05) is 42.5 Å². The molecule has 1 aliphatic rings. The van der Waals surface area contributed by atoms with E-state index in [0.717, 1.165) is 22.5 Å². The zero-order valence-electron chi connectivity index (χ0n) is 24.7. The molecule has 0 unspecified atom stereocenters. The van der Waals surface area contributed by atoms with Crippen molar-refractivity contribution >= 4 is 34.6 Å². The van der Waals surface area contributed by atoms with Crippen LogP contribution in [0.25, 0.3) is 17.3 Å². The van der Waals surface area contributed by atoms with E-state index >= 15 is 0 Å². The summed E-state index contributed by atoms with van der Waals surface area (Å²) in [5.41, 5.74) is 2.65. The smallest absolute Gasteiger partial charge is 0.273 e. The van der Waals surface area contributed by atoms with E-state index < -0.39 is 16.4 Å². The van der Waals surface area contributed by atoms with E-state index in [1.165, 1.54) is 16.7 Å². The lowest BCUT2D eigenvalue weighted by Gasteiger charge is -2.39. The van der Waals surface area contributed by atoms with Gasteiger partial charge in [0.25, 0.3) is 17.2 Å². The van der Waals surface area contributed by atoms with Gasteiger partial charge in [-0.05, 0) is 34.9 Å². The van der Waals surface area contributed by atoms with Crippen molar-refractivity contribution in [2.24, 2.45) is 0 Å². The molecule has 228 valence electrons. The molecular weight excluding hydrogens is 598 g/mol. The van der Waals surface area contributed by atoms with Crippen LogP contribution in [0.2, 0.25) is 0 Å². The highest BCUT2D eigenvalue weighted by atomic mass is 32.1. The Morgan fingerprint density at radius 3 is 2.00 bits per heavy atom. The van der Waals surface area contributed by atoms with Crippen LogP contribution in [0.4, 0.5) is 5.69 Å². The minimum Gasteiger partial charge on any atom is -0.335 e. The standard InChI is InChI=1S/C36H29N5O4S/c37-25-31(34(42)39-21-19-38(20-22-39)33(27-12-4-1-5-13-27)28-14-6-2-7-15-28)36-40(29-16-8-3-9-17-29)35(43)32(46-36)24-26-11-10-18-30(23-26)41(44)45/h1-18,23-24,33H,19-22H2/b32-24+,36-31+. The fourth-order valence-corrected chi connectivity index (χ4v) is 6.85. The number of hydrogen-bond acceptors (Lipinski definition) is 7. The first-order valence-corrected chi connectivity index (χ1v) is 15.6. The number of nitriles is 1. The minimum absolute atomic E-state index is 0.0199. The molecule has 0 saturated carbocycles. The molecule has 46 heavy (non-hydrogen) atoms. The van der Waals surface area contributed by atoms with Crippen LogP contribution >= 0.6 is 11.3 Å². The molecule has 0 bridgehead atoms. The molecule has 1 aromatic heterocycles. The summed E-state index contributed by atoms with van der Waals surface area (Å²) < 4.78 is 1.84. The number of benzene rings is 4. The normalized spacial score (nSPS) is 14.6. The molecule has 1 aliphatic heterocycles. The third-order valence-electron chi connectivity index (χ3n) is 7.95. The van der Waals surface area contributed by atoms with Crippen LogP contribution in [0.1, 0.15) is 22.7 Å². The number of non-ortho nitro benzene ring substituents is 1. The molecule has 1 amide bonds. The fraction of sp³-hybridized carbons (Fsp3) is 0.139. The zero-order chi connectivity index (χ0) is 32.0. The largest absolute Gasteiger partial charge is 0.335 e. The van der Waals surface area contributed by atoms with E-state index in [1.54, 1.807) is 47.4 Å². The minimum atomic E-state index is -0.499. The molecule has 0 N–H and O–H groups in total. The van der Waals surface area contributed by atoms with Gasteiger partial charge in [0.1, 0.15) is 10.7 Å². The number of nitro benzene ring substituents is 1. The van der Waals surface area contributed by atoms with E-state index in [-0.39, 0.29) is 26.5 Å². The fourth-order valence-electron chi connectivity index (χ4n) is 5.75. The van der Waals surface area contributed by atoms with Crippen molar-refractivity contribution < 1.29 is 9.72 Å². The Labute approximate surface area is 269 Å². The van der Waals surface area contributed by atoms with Crippen LogP contribution in [-0.2, 0) is 4.79 Å². The van der Waals surface area contributed by atoms with Gasteiger partial charge in [-0.1, -0.05) is 91.0 Å². The molecule has 0 spiro atoms. The Bertz CT molecular complexity index is 2060. The summed E-state index contributed by atoms with van der Waals surface area (Å²) in [6.07, 6.45) is 1.55. The van der Waals surface area contributed by atoms with Gasteiger partial charge in [0.15, 0.2) is 5.57 Å². The first-order chi connectivity index (χ1) is 22.4. The highest BCUT2D eigenvalue weighted by Gasteiger charge is 2.30. The number of nitrogens with zero attached hydrogens (tertiary/aromatic N) is 5. The summed E-state index contributed by atoms with van der Waals surface area (Å²) in [5.74, 6) is -0.439. The van der Waals surface area contributed by atoms with Gasteiger partial charge < -0.3 is 4.90 Å². The van der Waals surface area contributed by atoms with Crippen molar-refractivity contribution in [3.8, 4) is 11.8 Å². The van der Waals surface area contributed by atoms with Gasteiger partial charge in [0.05, 0.1) is 21.2 Å². The average molecular weight is 628 g/mol. The second kappa shape index (κ2) is 13.6. The lowest BCUT2D eigenvalue weighted by molar-refractivity contribution is -0.384. The maximum atomic E-state index is 14.0. The summed E-state index contributed by atoms with van der Waals surface area (Å²) in [4.78, 5) is 42.6. The second-order valence-corrected chi connectivity index (χ2v) is 11.8. The topological polar surface area (TPSA) is 112 Å². The number of para-hydroxylation sites is 1. The first kappa shape index (κ1) is 30.4. The van der Waals surface area contributed by atoms with Gasteiger partial charge in [-0.25, -0.2) is 0 Å². The molecule has 5 aromatic rings. The third kappa shape index (κ3) is 6.28. The Morgan fingerprint density at radius 2 is 1.43 bits per heavy atom. The molecule has 0 radical (unpaired) electrons. The van der Waals surface area contributed by atoms with Gasteiger partial charge in [-0.2, -0.15) is 5.26 Å². The highest BCUT2D eigenvalue weighted by Crippen LogP contribution is 2.29. The first-order valence-electron chi connectivity index (χ1n) is 14.8. The summed E-state index contributed by atoms with van der Waals surface area (Å²) in [7, 11) is 0. The quantitative estimate of drug-likeness (QED) is 0.197. The molecule has 6 rings (SSSR count). The summed E-state index contributed by atoms with van der Waals surface area (Å²) in [6, 6.07) is 37.4. The number of nitro groups is 1. The monoisotopic (exact) mass is 627 g/mol. The van der Waals surface area contributed by atoms with Crippen LogP contribution in [0.3, 0.4) is 0 Å². The van der Waals surface area contributed by atoms with Crippen LogP contribution < -0.4 is 14.8 Å². The Kier molecular flexibility index (Phi) is 8.96. The predicted octanol–water partition coefficient (Wildman–Crippen LogP) is 4.24. The van der Waals surface area contributed by atoms with Crippen molar-refractivity contribution in [1.29, 1.82) is 5.26 Å². The van der Waals surface area contributed by atoms with E-state index in [4.69, 9.17) is 0 Å². The number of carbonyl (C=O) groups is 1. The molecule has 9 nitrogen and oxygen atoms in total. The average Bonchev–Trinajstić information content (AvgIpc) is 3.41. The predicted molar refractivity (Wildman–Crippen MR) is 178 cm³/mol. The Morgan fingerprint density at radius 1 is 0.848 bits per heavy atom. The van der Waals surface area contributed by atoms with Crippen LogP contribution in [-0.4, -0.2) is 51.4 Å². The van der Waals surface area contributed by atoms with Crippen molar-refractivity contribution in [1.82, 2.24) is 14.4 Å². The van der Waals surface area contributed by atoms with Gasteiger partial charge in [0, 0.05) is 38.3 Å². The summed E-state index contributed by atoms with van der Waals surface area (Å²) in [6.45, 7) is 2.02. The SMILES string of the molecule is N#C/C(C(=O)N1CCN(C(c2ccccc2)c2ccccc2)CC1)=c1\s/c(=C/c2cccc([N+](=O)[O-])c2)c(=O)n1-c1ccccc1. The van der Waals surface area contributed by atoms with Crippen LogP contribution in [0.5, 0.6) is 0 Å². The Hall–Kier alpha value is -5.63. The van der Waals surface area contributed by atoms with Crippen molar-refractivity contribution in [3.05, 3.63) is 162 Å². The second-order valence-electron chi connectivity index (χ2n) is 10.8. The maximum absolute atomic E-state index is 14.0. The molecule has 0 atom stereocenters. The van der Waals surface area contributed by atoms with Crippen LogP contribution in [0.15, 0.2) is 120 Å². The lowest BCUT2D eigenvalue weighted by atomic mass is 9.96. The molecule has 2 heterocycles. The van der Waals surface area contributed by atoms with Crippen molar-refractivity contribution in [2.45, 2.75) is 6.04 Å². The molecule has 1 fully saturated rings. The lowest BCUT2D eigenvalue weighted by Crippen LogP contribution is -2.50. The zero-order valence-corrected chi connectivity index (χ0v) is 25.5. The van der Waals surface area contributed by atoms with E-state index in [9.17, 15) is 25.0 Å². The Balaban J connectivity index is 1.36. The molecular formula is C36H29N5O4S. The van der Waals surface area contributed by atoms with Gasteiger partial charge in [-0.3, -0.25) is 29.2 Å². The molecule has 4 aromatic carbocycles. The number of thiazole rings is 1. The highest BCUT2D eigenvalue weighted by molar-refractivity contribution is 7.07. The molecule has 10 heteroatoms. The maximum Gasteiger partial charge on any atom is 0.273 e. The third-order valence-corrected chi connectivity index (χ3v) is 9.05. The summed E-state index contributed by atoms with van der Waals surface area (Å²) in [5, 5.41) is 21.7. The number of piperazine rings is 1. The number of carbonyl (C=O) groups excluding carboxylic acids is 1. The van der Waals surface area contributed by atoms with Crippen molar-refractivity contribution in [2.75, 3.05) is 26.2 Å². The van der Waals surface area contributed by atoms with Gasteiger partial charge in [-0.15, -0.1) is 11.3 Å². The van der Waals surface area contributed by atoms with Gasteiger partial charge >= 0.3 is 0 Å². The van der Waals surface area contributed by atoms with Crippen LogP contribution in [0, 0.1) is 21.4 Å². The molecule has 1 saturated heterocycles. The number of hydrogen-bond donors (Lipinski definition) is 0. The summed E-state index contributed by atoms with van der Waals surface area (Å²) >= 11 is 1.02. The van der Waals surface area contributed by atoms with Gasteiger partial charge in [0.2, 0.25) is 0 Å².